The second-order valence-electron chi connectivity index (χ2n) is 6.26. The summed E-state index contributed by atoms with van der Waals surface area (Å²) in [5.41, 5.74) is 2.06. The molecule has 6 heteroatoms. The van der Waals surface area contributed by atoms with Crippen molar-refractivity contribution in [2.24, 2.45) is 0 Å². The Morgan fingerprint density at radius 1 is 1.33 bits per heavy atom. The molecule has 0 bridgehead atoms. The van der Waals surface area contributed by atoms with Gasteiger partial charge in [-0.05, 0) is 51.2 Å². The van der Waals surface area contributed by atoms with Crippen LogP contribution >= 0.6 is 0 Å². The van der Waals surface area contributed by atoms with E-state index in [0.29, 0.717) is 29.4 Å². The molecule has 0 aliphatic heterocycles. The predicted molar refractivity (Wildman–Crippen MR) is 88.9 cm³/mol. The van der Waals surface area contributed by atoms with Crippen LogP contribution in [0.15, 0.2) is 22.9 Å². The predicted octanol–water partition coefficient (Wildman–Crippen LogP) is 3.33. The van der Waals surface area contributed by atoms with Gasteiger partial charge in [0, 0.05) is 18.8 Å². The number of rotatable bonds is 5. The van der Waals surface area contributed by atoms with Gasteiger partial charge in [0.1, 0.15) is 17.4 Å². The molecule has 1 fully saturated rings. The van der Waals surface area contributed by atoms with E-state index in [2.05, 4.69) is 15.5 Å². The Labute approximate surface area is 141 Å². The monoisotopic (exact) mass is 329 g/mol. The van der Waals surface area contributed by atoms with Crippen LogP contribution in [0.2, 0.25) is 0 Å². The first kappa shape index (κ1) is 16.5. The maximum Gasteiger partial charge on any atom is 0.257 e. The minimum atomic E-state index is -0.183. The van der Waals surface area contributed by atoms with E-state index in [1.807, 2.05) is 12.1 Å². The Bertz CT molecular complexity index is 686. The molecule has 0 atom stereocenters. The van der Waals surface area contributed by atoms with Crippen LogP contribution in [-0.2, 0) is 6.54 Å². The molecule has 3 rings (SSSR count). The molecular weight excluding hydrogens is 306 g/mol. The van der Waals surface area contributed by atoms with Crippen LogP contribution < -0.4 is 10.1 Å². The molecule has 0 spiro atoms. The van der Waals surface area contributed by atoms with Crippen molar-refractivity contribution in [2.75, 3.05) is 0 Å². The van der Waals surface area contributed by atoms with Crippen LogP contribution in [0, 0.1) is 13.8 Å². The Morgan fingerprint density at radius 3 is 2.83 bits per heavy atom. The summed E-state index contributed by atoms with van der Waals surface area (Å²) in [7, 11) is 0. The van der Waals surface area contributed by atoms with Gasteiger partial charge in [-0.25, -0.2) is 4.98 Å². The highest BCUT2D eigenvalue weighted by Gasteiger charge is 2.18. The van der Waals surface area contributed by atoms with E-state index < -0.39 is 0 Å². The SMILES string of the molecule is Cc1noc(C)c1C(=O)NCc1ccnc(OC2CCCCC2)c1. The van der Waals surface area contributed by atoms with E-state index >= 15 is 0 Å². The van der Waals surface area contributed by atoms with Crippen molar-refractivity contribution in [3.63, 3.8) is 0 Å². The lowest BCUT2D eigenvalue weighted by Crippen LogP contribution is -2.24. The molecule has 0 radical (unpaired) electrons. The van der Waals surface area contributed by atoms with Gasteiger partial charge in [0.2, 0.25) is 5.88 Å². The number of aryl methyl sites for hydroxylation is 2. The average Bonchev–Trinajstić information content (AvgIpc) is 2.93. The lowest BCUT2D eigenvalue weighted by atomic mass is 9.98. The van der Waals surface area contributed by atoms with Crippen molar-refractivity contribution < 1.29 is 14.1 Å². The Balaban J connectivity index is 1.59. The van der Waals surface area contributed by atoms with Crippen LogP contribution in [0.4, 0.5) is 0 Å². The molecule has 2 heterocycles. The van der Waals surface area contributed by atoms with E-state index in [1.165, 1.54) is 19.3 Å². The Kier molecular flexibility index (Phi) is 5.13. The van der Waals surface area contributed by atoms with Crippen molar-refractivity contribution in [1.29, 1.82) is 0 Å². The topological polar surface area (TPSA) is 77.3 Å². The fraction of sp³-hybridized carbons (Fsp3) is 0.500. The van der Waals surface area contributed by atoms with Crippen LogP contribution in [-0.4, -0.2) is 22.2 Å². The van der Waals surface area contributed by atoms with E-state index in [1.54, 1.807) is 20.0 Å². The van der Waals surface area contributed by atoms with Gasteiger partial charge in [-0.1, -0.05) is 11.6 Å². The summed E-state index contributed by atoms with van der Waals surface area (Å²) in [6.07, 6.45) is 7.90. The number of aromatic nitrogens is 2. The van der Waals surface area contributed by atoms with Crippen molar-refractivity contribution in [3.8, 4) is 5.88 Å². The third-order valence-corrected chi connectivity index (χ3v) is 4.35. The quantitative estimate of drug-likeness (QED) is 0.910. The molecule has 128 valence electrons. The molecule has 0 saturated heterocycles. The molecular formula is C18H23N3O3. The second-order valence-corrected chi connectivity index (χ2v) is 6.26. The molecule has 1 N–H and O–H groups in total. The minimum absolute atomic E-state index is 0.183. The molecule has 1 aliphatic carbocycles. The summed E-state index contributed by atoms with van der Waals surface area (Å²) < 4.78 is 11.0. The molecule has 6 nitrogen and oxygen atoms in total. The lowest BCUT2D eigenvalue weighted by molar-refractivity contribution is 0.0948. The van der Waals surface area contributed by atoms with Gasteiger partial charge < -0.3 is 14.6 Å². The van der Waals surface area contributed by atoms with Gasteiger partial charge in [-0.15, -0.1) is 0 Å². The molecule has 24 heavy (non-hydrogen) atoms. The largest absolute Gasteiger partial charge is 0.474 e. The summed E-state index contributed by atoms with van der Waals surface area (Å²) >= 11 is 0. The fourth-order valence-corrected chi connectivity index (χ4v) is 3.06. The number of carbonyl (C=O) groups excluding carboxylic acids is 1. The Morgan fingerprint density at radius 2 is 2.12 bits per heavy atom. The molecule has 2 aromatic heterocycles. The van der Waals surface area contributed by atoms with Crippen molar-refractivity contribution in [1.82, 2.24) is 15.5 Å². The summed E-state index contributed by atoms with van der Waals surface area (Å²) in [6.45, 7) is 3.90. The zero-order chi connectivity index (χ0) is 16.9. The van der Waals surface area contributed by atoms with Crippen molar-refractivity contribution in [2.45, 2.75) is 58.6 Å². The van der Waals surface area contributed by atoms with Crippen LogP contribution in [0.25, 0.3) is 0 Å². The molecule has 1 saturated carbocycles. The number of nitrogens with one attached hydrogen (secondary N) is 1. The third-order valence-electron chi connectivity index (χ3n) is 4.35. The van der Waals surface area contributed by atoms with Crippen LogP contribution in [0.3, 0.4) is 0 Å². The standard InChI is InChI=1S/C18H23N3O3/c1-12-17(13(2)24-21-12)18(22)20-11-14-8-9-19-16(10-14)23-15-6-4-3-5-7-15/h8-10,15H,3-7,11H2,1-2H3,(H,20,22). The molecule has 1 amide bonds. The number of amides is 1. The number of pyridine rings is 1. The van der Waals surface area contributed by atoms with Gasteiger partial charge in [0.05, 0.1) is 5.69 Å². The number of carbonyl (C=O) groups is 1. The summed E-state index contributed by atoms with van der Waals surface area (Å²) in [4.78, 5) is 16.5. The van der Waals surface area contributed by atoms with Gasteiger partial charge in [-0.3, -0.25) is 4.79 Å². The molecule has 0 aromatic carbocycles. The zero-order valence-electron chi connectivity index (χ0n) is 14.2. The van der Waals surface area contributed by atoms with Crippen LogP contribution in [0.1, 0.15) is 59.5 Å². The van der Waals surface area contributed by atoms with Gasteiger partial charge in [0.25, 0.3) is 5.91 Å². The number of nitrogens with zero attached hydrogens (tertiary/aromatic N) is 2. The molecule has 0 unspecified atom stereocenters. The first-order valence-electron chi connectivity index (χ1n) is 8.46. The summed E-state index contributed by atoms with van der Waals surface area (Å²) in [6, 6.07) is 3.77. The van der Waals surface area contributed by atoms with E-state index in [9.17, 15) is 4.79 Å². The lowest BCUT2D eigenvalue weighted by Gasteiger charge is -2.22. The van der Waals surface area contributed by atoms with Gasteiger partial charge in [-0.2, -0.15) is 0 Å². The second kappa shape index (κ2) is 7.47. The number of hydrogen-bond donors (Lipinski definition) is 1. The van der Waals surface area contributed by atoms with Crippen molar-refractivity contribution >= 4 is 5.91 Å². The number of ether oxygens (including phenoxy) is 1. The summed E-state index contributed by atoms with van der Waals surface area (Å²) in [5, 5.41) is 6.70. The molecule has 1 aliphatic rings. The van der Waals surface area contributed by atoms with E-state index in [4.69, 9.17) is 9.26 Å². The van der Waals surface area contributed by atoms with Crippen molar-refractivity contribution in [3.05, 3.63) is 40.9 Å². The van der Waals surface area contributed by atoms with E-state index in [0.717, 1.165) is 18.4 Å². The maximum atomic E-state index is 12.3. The zero-order valence-corrected chi connectivity index (χ0v) is 14.2. The molecule has 2 aromatic rings. The van der Waals surface area contributed by atoms with E-state index in [-0.39, 0.29) is 12.0 Å². The smallest absolute Gasteiger partial charge is 0.257 e. The van der Waals surface area contributed by atoms with Crippen LogP contribution in [0.5, 0.6) is 5.88 Å². The highest BCUT2D eigenvalue weighted by atomic mass is 16.5. The minimum Gasteiger partial charge on any atom is -0.474 e. The fourth-order valence-electron chi connectivity index (χ4n) is 3.06. The third kappa shape index (κ3) is 3.93. The normalized spacial score (nSPS) is 15.2. The maximum absolute atomic E-state index is 12.3. The van der Waals surface area contributed by atoms with Gasteiger partial charge in [0.15, 0.2) is 0 Å². The first-order chi connectivity index (χ1) is 11.6. The highest BCUT2D eigenvalue weighted by molar-refractivity contribution is 5.96. The first-order valence-corrected chi connectivity index (χ1v) is 8.46. The summed E-state index contributed by atoms with van der Waals surface area (Å²) in [5.74, 6) is 0.977. The highest BCUT2D eigenvalue weighted by Crippen LogP contribution is 2.22. The average molecular weight is 329 g/mol. The Hall–Kier alpha value is -2.37. The van der Waals surface area contributed by atoms with Gasteiger partial charge >= 0.3 is 0 Å². The number of hydrogen-bond acceptors (Lipinski definition) is 5.